The molecule has 4 nitrogen and oxygen atoms in total. The minimum atomic E-state index is 0.613. The van der Waals surface area contributed by atoms with Gasteiger partial charge in [-0.15, -0.1) is 0 Å². The van der Waals surface area contributed by atoms with E-state index in [0.29, 0.717) is 5.84 Å². The lowest BCUT2D eigenvalue weighted by molar-refractivity contribution is 0.0392. The molecular formula is C6H13N3O. The molecule has 0 spiro atoms. The minimum absolute atomic E-state index is 0.613. The first-order valence-corrected chi connectivity index (χ1v) is 3.42. The van der Waals surface area contributed by atoms with Crippen molar-refractivity contribution in [2.45, 2.75) is 6.92 Å². The van der Waals surface area contributed by atoms with E-state index in [4.69, 9.17) is 10.5 Å². The van der Waals surface area contributed by atoms with Crippen LogP contribution >= 0.6 is 0 Å². The Morgan fingerprint density at radius 1 is 1.50 bits per heavy atom. The quantitative estimate of drug-likeness (QED) is 0.402. The molecule has 10 heavy (non-hydrogen) atoms. The van der Waals surface area contributed by atoms with Gasteiger partial charge >= 0.3 is 0 Å². The molecule has 0 aliphatic carbocycles. The fourth-order valence-corrected chi connectivity index (χ4v) is 0.877. The number of morpholine rings is 1. The Labute approximate surface area is 60.6 Å². The first-order chi connectivity index (χ1) is 4.79. The van der Waals surface area contributed by atoms with Gasteiger partial charge in [0.1, 0.15) is 5.84 Å². The number of hydrogen-bond donors (Lipinski definition) is 1. The van der Waals surface area contributed by atoms with Gasteiger partial charge in [-0.1, -0.05) is 0 Å². The number of ether oxygens (including phenoxy) is 1. The second kappa shape index (κ2) is 3.41. The highest BCUT2D eigenvalue weighted by molar-refractivity contribution is 5.77. The topological polar surface area (TPSA) is 50.8 Å². The number of amidine groups is 1. The lowest BCUT2D eigenvalue weighted by Gasteiger charge is -2.23. The summed E-state index contributed by atoms with van der Waals surface area (Å²) < 4.78 is 5.13. The minimum Gasteiger partial charge on any atom is -0.386 e. The first kappa shape index (κ1) is 7.34. The van der Waals surface area contributed by atoms with Crippen molar-refractivity contribution in [3.63, 3.8) is 0 Å². The van der Waals surface area contributed by atoms with Gasteiger partial charge in [-0.2, -0.15) is 5.10 Å². The Morgan fingerprint density at radius 2 is 2.10 bits per heavy atom. The summed E-state index contributed by atoms with van der Waals surface area (Å²) in [5.41, 5.74) is 5.39. The standard InChI is InChI=1S/C6H13N3O/c1-6(7)8-9-2-4-10-5-3-9/h2-5H2,1H3,(H2,7,8). The van der Waals surface area contributed by atoms with Gasteiger partial charge < -0.3 is 10.5 Å². The highest BCUT2D eigenvalue weighted by Gasteiger charge is 2.06. The van der Waals surface area contributed by atoms with E-state index >= 15 is 0 Å². The molecule has 0 amide bonds. The molecule has 1 heterocycles. The molecule has 1 saturated heterocycles. The predicted octanol–water partition coefficient (Wildman–Crippen LogP) is -0.389. The van der Waals surface area contributed by atoms with Crippen molar-refractivity contribution in [1.29, 1.82) is 0 Å². The van der Waals surface area contributed by atoms with Gasteiger partial charge in [-0.3, -0.25) is 5.01 Å². The van der Waals surface area contributed by atoms with Gasteiger partial charge in [0, 0.05) is 0 Å². The van der Waals surface area contributed by atoms with Crippen LogP contribution in [0.5, 0.6) is 0 Å². The smallest absolute Gasteiger partial charge is 0.116 e. The molecule has 1 fully saturated rings. The monoisotopic (exact) mass is 143 g/mol. The molecule has 58 valence electrons. The fourth-order valence-electron chi connectivity index (χ4n) is 0.877. The summed E-state index contributed by atoms with van der Waals surface area (Å²) in [5.74, 6) is 0.613. The number of nitrogens with zero attached hydrogens (tertiary/aromatic N) is 2. The summed E-state index contributed by atoms with van der Waals surface area (Å²) in [5, 5.41) is 6.01. The molecule has 0 bridgehead atoms. The Balaban J connectivity index is 2.33. The van der Waals surface area contributed by atoms with Gasteiger partial charge in [0.15, 0.2) is 0 Å². The normalized spacial score (nSPS) is 21.3. The zero-order valence-corrected chi connectivity index (χ0v) is 6.21. The molecule has 0 aromatic carbocycles. The molecule has 1 aliphatic rings. The Bertz CT molecular complexity index is 125. The predicted molar refractivity (Wildman–Crippen MR) is 39.7 cm³/mol. The van der Waals surface area contributed by atoms with E-state index in [2.05, 4.69) is 5.10 Å². The van der Waals surface area contributed by atoms with Crippen LogP contribution in [0.15, 0.2) is 5.10 Å². The number of nitrogens with two attached hydrogens (primary N) is 1. The Hall–Kier alpha value is -0.770. The number of hydrazone groups is 1. The van der Waals surface area contributed by atoms with E-state index in [-0.39, 0.29) is 0 Å². The third kappa shape index (κ3) is 2.23. The van der Waals surface area contributed by atoms with Crippen LogP contribution in [0, 0.1) is 0 Å². The molecular weight excluding hydrogens is 130 g/mol. The second-order valence-electron chi connectivity index (χ2n) is 2.31. The lowest BCUT2D eigenvalue weighted by Crippen LogP contribution is -2.33. The molecule has 1 rings (SSSR count). The SMILES string of the molecule is C/C(N)=N\N1CCOCC1. The van der Waals surface area contributed by atoms with Crippen molar-refractivity contribution in [2.24, 2.45) is 10.8 Å². The van der Waals surface area contributed by atoms with Crippen molar-refractivity contribution in [2.75, 3.05) is 26.3 Å². The molecule has 0 aromatic rings. The van der Waals surface area contributed by atoms with Crippen molar-refractivity contribution in [3.8, 4) is 0 Å². The molecule has 4 heteroatoms. The third-order valence-corrected chi connectivity index (χ3v) is 1.29. The van der Waals surface area contributed by atoms with E-state index < -0.39 is 0 Å². The average molecular weight is 143 g/mol. The zero-order valence-electron chi connectivity index (χ0n) is 6.21. The zero-order chi connectivity index (χ0) is 7.40. The largest absolute Gasteiger partial charge is 0.386 e. The summed E-state index contributed by atoms with van der Waals surface area (Å²) in [6.07, 6.45) is 0. The van der Waals surface area contributed by atoms with Crippen molar-refractivity contribution >= 4 is 5.84 Å². The van der Waals surface area contributed by atoms with Crippen LogP contribution in [0.4, 0.5) is 0 Å². The van der Waals surface area contributed by atoms with Crippen LogP contribution in [-0.4, -0.2) is 37.1 Å². The Kier molecular flexibility index (Phi) is 2.50. The highest BCUT2D eigenvalue weighted by atomic mass is 16.5. The summed E-state index contributed by atoms with van der Waals surface area (Å²) in [7, 11) is 0. The maximum atomic E-state index is 5.39. The van der Waals surface area contributed by atoms with Gasteiger partial charge in [0.25, 0.3) is 0 Å². The number of rotatable bonds is 1. The van der Waals surface area contributed by atoms with E-state index in [1.54, 1.807) is 6.92 Å². The summed E-state index contributed by atoms with van der Waals surface area (Å²) in [6, 6.07) is 0. The summed E-state index contributed by atoms with van der Waals surface area (Å²) in [4.78, 5) is 0. The lowest BCUT2D eigenvalue weighted by atomic mass is 10.5. The maximum Gasteiger partial charge on any atom is 0.116 e. The summed E-state index contributed by atoms with van der Waals surface area (Å²) in [6.45, 7) is 5.02. The van der Waals surface area contributed by atoms with Crippen molar-refractivity contribution in [3.05, 3.63) is 0 Å². The van der Waals surface area contributed by atoms with Gasteiger partial charge in [-0.25, -0.2) is 0 Å². The van der Waals surface area contributed by atoms with E-state index in [1.807, 2.05) is 5.01 Å². The fraction of sp³-hybridized carbons (Fsp3) is 0.833. The van der Waals surface area contributed by atoms with Crippen LogP contribution in [0.25, 0.3) is 0 Å². The van der Waals surface area contributed by atoms with Gasteiger partial charge in [0.05, 0.1) is 26.3 Å². The van der Waals surface area contributed by atoms with E-state index in [1.165, 1.54) is 0 Å². The van der Waals surface area contributed by atoms with Gasteiger partial charge in [-0.05, 0) is 6.92 Å². The molecule has 0 aromatic heterocycles. The van der Waals surface area contributed by atoms with Crippen LogP contribution in [0.3, 0.4) is 0 Å². The van der Waals surface area contributed by atoms with Gasteiger partial charge in [0.2, 0.25) is 0 Å². The Morgan fingerprint density at radius 3 is 2.60 bits per heavy atom. The molecule has 0 unspecified atom stereocenters. The molecule has 0 saturated carbocycles. The molecule has 0 atom stereocenters. The van der Waals surface area contributed by atoms with E-state index in [9.17, 15) is 0 Å². The summed E-state index contributed by atoms with van der Waals surface area (Å²) >= 11 is 0. The first-order valence-electron chi connectivity index (χ1n) is 3.42. The third-order valence-electron chi connectivity index (χ3n) is 1.29. The van der Waals surface area contributed by atoms with Crippen LogP contribution in [0.1, 0.15) is 6.92 Å². The second-order valence-corrected chi connectivity index (χ2v) is 2.31. The van der Waals surface area contributed by atoms with Crippen molar-refractivity contribution in [1.82, 2.24) is 5.01 Å². The van der Waals surface area contributed by atoms with Crippen LogP contribution in [-0.2, 0) is 4.74 Å². The van der Waals surface area contributed by atoms with Crippen LogP contribution < -0.4 is 5.73 Å². The molecule has 2 N–H and O–H groups in total. The van der Waals surface area contributed by atoms with E-state index in [0.717, 1.165) is 26.3 Å². The molecule has 0 radical (unpaired) electrons. The maximum absolute atomic E-state index is 5.39. The molecule has 1 aliphatic heterocycles. The highest BCUT2D eigenvalue weighted by Crippen LogP contribution is 1.95. The van der Waals surface area contributed by atoms with Crippen LogP contribution in [0.2, 0.25) is 0 Å². The average Bonchev–Trinajstić information content (AvgIpc) is 1.88. The van der Waals surface area contributed by atoms with Crippen molar-refractivity contribution < 1.29 is 4.74 Å². The number of hydrogen-bond acceptors (Lipinski definition) is 3.